The molecule has 1 atom stereocenters. The third-order valence-electron chi connectivity index (χ3n) is 2.69. The molecule has 0 saturated heterocycles. The van der Waals surface area contributed by atoms with E-state index in [0.29, 0.717) is 0 Å². The second-order valence-corrected chi connectivity index (χ2v) is 4.74. The minimum Gasteiger partial charge on any atom is -0.484 e. The Labute approximate surface area is 125 Å². The smallest absolute Gasteiger partial charge is 0.422 e. The van der Waals surface area contributed by atoms with Crippen molar-refractivity contribution in [2.24, 2.45) is 0 Å². The Hall–Kier alpha value is -2.25. The first-order valence-electron chi connectivity index (χ1n) is 6.49. The molecule has 8 heteroatoms. The fourth-order valence-corrected chi connectivity index (χ4v) is 1.59. The summed E-state index contributed by atoms with van der Waals surface area (Å²) in [5.74, 6) is -1.37. The van der Waals surface area contributed by atoms with Gasteiger partial charge in [-0.3, -0.25) is 9.59 Å². The molecule has 0 spiro atoms. The Bertz CT molecular complexity index is 514. The Morgan fingerprint density at radius 1 is 1.27 bits per heavy atom. The molecule has 2 N–H and O–H groups in total. The van der Waals surface area contributed by atoms with Crippen molar-refractivity contribution in [3.05, 3.63) is 29.8 Å². The number of benzene rings is 1. The van der Waals surface area contributed by atoms with E-state index in [9.17, 15) is 22.8 Å². The van der Waals surface area contributed by atoms with Crippen molar-refractivity contribution in [2.75, 3.05) is 6.61 Å². The lowest BCUT2D eigenvalue weighted by Gasteiger charge is -2.13. The molecular weight excluding hydrogens is 303 g/mol. The van der Waals surface area contributed by atoms with Crippen molar-refractivity contribution < 1.29 is 32.6 Å². The lowest BCUT2D eigenvalue weighted by atomic mass is 10.1. The monoisotopic (exact) mass is 319 g/mol. The molecule has 5 nitrogen and oxygen atoms in total. The average Bonchev–Trinajstić information content (AvgIpc) is 2.42. The second-order valence-electron chi connectivity index (χ2n) is 4.74. The van der Waals surface area contributed by atoms with Crippen LogP contribution in [0.2, 0.25) is 0 Å². The van der Waals surface area contributed by atoms with E-state index in [4.69, 9.17) is 5.11 Å². The lowest BCUT2D eigenvalue weighted by molar-refractivity contribution is -0.153. The number of carboxylic acid groups (broad SMARTS) is 1. The van der Waals surface area contributed by atoms with Gasteiger partial charge in [0.1, 0.15) is 5.75 Å². The van der Waals surface area contributed by atoms with Crippen LogP contribution < -0.4 is 10.1 Å². The summed E-state index contributed by atoms with van der Waals surface area (Å²) in [5.41, 5.74) is 0.251. The van der Waals surface area contributed by atoms with Gasteiger partial charge in [0.05, 0.1) is 0 Å². The number of hydrogen-bond acceptors (Lipinski definition) is 3. The normalized spacial score (nSPS) is 12.5. The van der Waals surface area contributed by atoms with E-state index in [1.807, 2.05) is 0 Å². The highest BCUT2D eigenvalue weighted by atomic mass is 19.4. The molecule has 0 radical (unpaired) electrons. The van der Waals surface area contributed by atoms with E-state index in [1.54, 1.807) is 6.92 Å². The van der Waals surface area contributed by atoms with Crippen LogP contribution >= 0.6 is 0 Å². The van der Waals surface area contributed by atoms with Gasteiger partial charge in [-0.25, -0.2) is 0 Å². The molecule has 1 unspecified atom stereocenters. The predicted molar refractivity (Wildman–Crippen MR) is 71.8 cm³/mol. The minimum atomic E-state index is -4.42. The molecular formula is C14H16F3NO4. The molecule has 0 aliphatic heterocycles. The number of alkyl halides is 3. The maximum absolute atomic E-state index is 12.0. The lowest BCUT2D eigenvalue weighted by Crippen LogP contribution is -2.32. The summed E-state index contributed by atoms with van der Waals surface area (Å²) in [4.78, 5) is 22.3. The van der Waals surface area contributed by atoms with E-state index in [1.165, 1.54) is 24.3 Å². The SMILES string of the molecule is CC(CCC(=O)O)NC(=O)c1ccc(OCC(F)(F)F)cc1. The van der Waals surface area contributed by atoms with Crippen LogP contribution in [0.25, 0.3) is 0 Å². The van der Waals surface area contributed by atoms with Gasteiger partial charge >= 0.3 is 12.1 Å². The number of ether oxygens (including phenoxy) is 1. The third-order valence-corrected chi connectivity index (χ3v) is 2.69. The summed E-state index contributed by atoms with van der Waals surface area (Å²) >= 11 is 0. The fraction of sp³-hybridized carbons (Fsp3) is 0.429. The summed E-state index contributed by atoms with van der Waals surface area (Å²) in [6.45, 7) is 0.270. The first-order valence-corrected chi connectivity index (χ1v) is 6.49. The van der Waals surface area contributed by atoms with Crippen LogP contribution in [0.15, 0.2) is 24.3 Å². The number of nitrogens with one attached hydrogen (secondary N) is 1. The van der Waals surface area contributed by atoms with Crippen molar-refractivity contribution >= 4 is 11.9 Å². The van der Waals surface area contributed by atoms with Gasteiger partial charge in [0.25, 0.3) is 5.91 Å². The van der Waals surface area contributed by atoms with E-state index in [-0.39, 0.29) is 30.2 Å². The highest BCUT2D eigenvalue weighted by Crippen LogP contribution is 2.18. The second kappa shape index (κ2) is 7.67. The van der Waals surface area contributed by atoms with Crippen molar-refractivity contribution in [2.45, 2.75) is 32.0 Å². The van der Waals surface area contributed by atoms with Gasteiger partial charge in [-0.2, -0.15) is 13.2 Å². The molecule has 1 aromatic carbocycles. The van der Waals surface area contributed by atoms with Gasteiger partial charge in [-0.1, -0.05) is 0 Å². The van der Waals surface area contributed by atoms with Crippen molar-refractivity contribution in [3.63, 3.8) is 0 Å². The van der Waals surface area contributed by atoms with Crippen LogP contribution in [0.3, 0.4) is 0 Å². The van der Waals surface area contributed by atoms with Gasteiger partial charge in [0, 0.05) is 18.0 Å². The standard InChI is InChI=1S/C14H16F3NO4/c1-9(2-7-12(19)20)18-13(21)10-3-5-11(6-4-10)22-8-14(15,16)17/h3-6,9H,2,7-8H2,1H3,(H,18,21)(H,19,20). The van der Waals surface area contributed by atoms with Gasteiger partial charge in [-0.05, 0) is 37.6 Å². The number of hydrogen-bond donors (Lipinski definition) is 2. The molecule has 1 aromatic rings. The van der Waals surface area contributed by atoms with Crippen LogP contribution in [-0.4, -0.2) is 35.8 Å². The summed E-state index contributed by atoms with van der Waals surface area (Å²) in [6.07, 6.45) is -4.20. The largest absolute Gasteiger partial charge is 0.484 e. The van der Waals surface area contributed by atoms with E-state index in [2.05, 4.69) is 10.1 Å². The van der Waals surface area contributed by atoms with Gasteiger partial charge in [0.2, 0.25) is 0 Å². The van der Waals surface area contributed by atoms with Crippen molar-refractivity contribution in [1.82, 2.24) is 5.32 Å². The Morgan fingerprint density at radius 3 is 2.36 bits per heavy atom. The molecule has 0 saturated carbocycles. The molecule has 0 aliphatic carbocycles. The molecule has 0 aliphatic rings. The van der Waals surface area contributed by atoms with E-state index in [0.717, 1.165) is 0 Å². The number of carbonyl (C=O) groups is 2. The third kappa shape index (κ3) is 6.96. The quantitative estimate of drug-likeness (QED) is 0.810. The number of halogens is 3. The van der Waals surface area contributed by atoms with Gasteiger partial charge < -0.3 is 15.2 Å². The van der Waals surface area contributed by atoms with Crippen LogP contribution in [0, 0.1) is 0 Å². The van der Waals surface area contributed by atoms with Crippen LogP contribution in [0.5, 0.6) is 5.75 Å². The van der Waals surface area contributed by atoms with Crippen LogP contribution in [-0.2, 0) is 4.79 Å². The maximum Gasteiger partial charge on any atom is 0.422 e. The first-order chi connectivity index (χ1) is 10.2. The van der Waals surface area contributed by atoms with Crippen molar-refractivity contribution in [1.29, 1.82) is 0 Å². The zero-order valence-corrected chi connectivity index (χ0v) is 11.8. The van der Waals surface area contributed by atoms with Crippen molar-refractivity contribution in [3.8, 4) is 5.75 Å². The van der Waals surface area contributed by atoms with E-state index < -0.39 is 24.7 Å². The predicted octanol–water partition coefficient (Wildman–Crippen LogP) is 2.61. The number of carboxylic acids is 1. The maximum atomic E-state index is 12.0. The molecule has 0 bridgehead atoms. The van der Waals surface area contributed by atoms with Gasteiger partial charge in [-0.15, -0.1) is 0 Å². The first kappa shape index (κ1) is 17.8. The highest BCUT2D eigenvalue weighted by Gasteiger charge is 2.28. The minimum absolute atomic E-state index is 0.00722. The van der Waals surface area contributed by atoms with Crippen LogP contribution in [0.1, 0.15) is 30.1 Å². The average molecular weight is 319 g/mol. The Morgan fingerprint density at radius 2 is 1.86 bits per heavy atom. The molecule has 0 aromatic heterocycles. The topological polar surface area (TPSA) is 75.6 Å². The fourth-order valence-electron chi connectivity index (χ4n) is 1.59. The van der Waals surface area contributed by atoms with Crippen LogP contribution in [0.4, 0.5) is 13.2 Å². The summed E-state index contributed by atoms with van der Waals surface area (Å²) in [6, 6.07) is 4.88. The number of amides is 1. The number of carbonyl (C=O) groups excluding carboxylic acids is 1. The van der Waals surface area contributed by atoms with Gasteiger partial charge in [0.15, 0.2) is 6.61 Å². The highest BCUT2D eigenvalue weighted by molar-refractivity contribution is 5.94. The summed E-state index contributed by atoms with van der Waals surface area (Å²) in [7, 11) is 0. The zero-order valence-electron chi connectivity index (χ0n) is 11.8. The summed E-state index contributed by atoms with van der Waals surface area (Å²) in [5, 5.41) is 11.1. The Balaban J connectivity index is 2.51. The zero-order chi connectivity index (χ0) is 16.8. The molecule has 122 valence electrons. The Kier molecular flexibility index (Phi) is 6.21. The summed E-state index contributed by atoms with van der Waals surface area (Å²) < 4.78 is 40.5. The number of aliphatic carboxylic acids is 1. The van der Waals surface area contributed by atoms with E-state index >= 15 is 0 Å². The molecule has 0 heterocycles. The molecule has 0 fully saturated rings. The molecule has 1 amide bonds. The molecule has 22 heavy (non-hydrogen) atoms. The number of rotatable bonds is 7. The molecule has 1 rings (SSSR count).